The van der Waals surface area contributed by atoms with Crippen LogP contribution in [0.15, 0.2) is 79.1 Å². The number of benzene rings is 2. The third kappa shape index (κ3) is 4.72. The molecule has 4 aromatic rings. The van der Waals surface area contributed by atoms with E-state index in [0.29, 0.717) is 17.1 Å². The minimum absolute atomic E-state index is 0.0336. The molecule has 162 valence electrons. The fourth-order valence-corrected chi connectivity index (χ4v) is 3.01. The molecule has 1 amide bonds. The lowest BCUT2D eigenvalue weighted by molar-refractivity contribution is -0.0498. The van der Waals surface area contributed by atoms with Crippen LogP contribution in [-0.4, -0.2) is 34.2 Å². The molecule has 0 saturated carbocycles. The third-order valence-electron chi connectivity index (χ3n) is 4.55. The van der Waals surface area contributed by atoms with Crippen molar-refractivity contribution in [3.8, 4) is 28.6 Å². The third-order valence-corrected chi connectivity index (χ3v) is 4.55. The second kappa shape index (κ2) is 9.25. The lowest BCUT2D eigenvalue weighted by Gasteiger charge is -2.10. The number of anilines is 1. The highest BCUT2D eigenvalue weighted by molar-refractivity contribution is 6.03. The summed E-state index contributed by atoms with van der Waals surface area (Å²) in [5.41, 5.74) is 2.22. The van der Waals surface area contributed by atoms with E-state index in [1.807, 2.05) is 24.3 Å². The summed E-state index contributed by atoms with van der Waals surface area (Å²) in [6.45, 7) is -2.93. The quantitative estimate of drug-likeness (QED) is 0.450. The fraction of sp³-hybridized carbons (Fsp3) is 0.0870. The molecular formula is C23H18F2N4O3. The number of hydrogen-bond acceptors (Lipinski definition) is 5. The summed E-state index contributed by atoms with van der Waals surface area (Å²) in [6, 6.07) is 18.1. The number of carbonyl (C=O) groups excluding carboxylic acids is 1. The smallest absolute Gasteiger partial charge is 0.387 e. The number of ether oxygens (including phenoxy) is 2. The first-order valence-corrected chi connectivity index (χ1v) is 9.55. The molecule has 0 aliphatic carbocycles. The molecule has 0 fully saturated rings. The molecule has 0 bridgehead atoms. The highest BCUT2D eigenvalue weighted by Gasteiger charge is 2.16. The molecule has 32 heavy (non-hydrogen) atoms. The maximum atomic E-state index is 12.8. The van der Waals surface area contributed by atoms with Crippen LogP contribution in [-0.2, 0) is 0 Å². The fourth-order valence-electron chi connectivity index (χ4n) is 3.01. The summed E-state index contributed by atoms with van der Waals surface area (Å²) in [7, 11) is 1.58. The molecule has 0 radical (unpaired) electrons. The van der Waals surface area contributed by atoms with Crippen LogP contribution in [0, 0.1) is 0 Å². The van der Waals surface area contributed by atoms with Crippen LogP contribution in [0.1, 0.15) is 10.4 Å². The van der Waals surface area contributed by atoms with E-state index in [-0.39, 0.29) is 17.3 Å². The molecule has 0 unspecified atom stereocenters. The van der Waals surface area contributed by atoms with E-state index < -0.39 is 12.5 Å². The summed E-state index contributed by atoms with van der Waals surface area (Å²) >= 11 is 0. The van der Waals surface area contributed by atoms with Crippen molar-refractivity contribution in [3.05, 3.63) is 84.7 Å². The zero-order valence-corrected chi connectivity index (χ0v) is 16.9. The van der Waals surface area contributed by atoms with Gasteiger partial charge in [-0.1, -0.05) is 6.07 Å². The van der Waals surface area contributed by atoms with E-state index >= 15 is 0 Å². The Balaban J connectivity index is 1.65. The van der Waals surface area contributed by atoms with Crippen LogP contribution >= 0.6 is 0 Å². The van der Waals surface area contributed by atoms with Gasteiger partial charge in [0.25, 0.3) is 5.91 Å². The number of nitrogens with one attached hydrogen (secondary N) is 1. The van der Waals surface area contributed by atoms with Gasteiger partial charge in [0.1, 0.15) is 17.2 Å². The molecule has 2 aromatic carbocycles. The van der Waals surface area contributed by atoms with Gasteiger partial charge in [-0.3, -0.25) is 19.7 Å². The first-order valence-electron chi connectivity index (χ1n) is 9.55. The monoisotopic (exact) mass is 436 g/mol. The number of carbonyl (C=O) groups is 1. The summed E-state index contributed by atoms with van der Waals surface area (Å²) in [4.78, 5) is 21.6. The summed E-state index contributed by atoms with van der Waals surface area (Å²) in [5.74, 6) is 0.472. The van der Waals surface area contributed by atoms with Gasteiger partial charge in [-0.2, -0.15) is 8.78 Å². The van der Waals surface area contributed by atoms with Crippen LogP contribution in [0.3, 0.4) is 0 Å². The minimum Gasteiger partial charge on any atom is -0.497 e. The van der Waals surface area contributed by atoms with Gasteiger partial charge in [-0.05, 0) is 60.7 Å². The van der Waals surface area contributed by atoms with Crippen LogP contribution in [0.25, 0.3) is 17.1 Å². The van der Waals surface area contributed by atoms with Gasteiger partial charge >= 0.3 is 6.61 Å². The minimum atomic E-state index is -2.93. The first-order chi connectivity index (χ1) is 15.5. The number of alkyl halides is 2. The van der Waals surface area contributed by atoms with Gasteiger partial charge in [0.05, 0.1) is 12.8 Å². The van der Waals surface area contributed by atoms with Gasteiger partial charge in [-0.15, -0.1) is 0 Å². The standard InChI is InChI=1S/C23H18F2N4O3/c1-31-17-11-7-16(8-12-17)29-14-20(19-4-2-3-13-26-19)27-23(29)28-21(30)15-5-9-18(10-6-15)32-22(24)25/h2-14,22H,1H3,(H,27,28,30). The number of methoxy groups -OCH3 is 1. The summed E-state index contributed by atoms with van der Waals surface area (Å²) < 4.78 is 35.9. The van der Waals surface area contributed by atoms with Crippen molar-refractivity contribution in [3.63, 3.8) is 0 Å². The molecule has 4 rings (SSSR count). The van der Waals surface area contributed by atoms with E-state index in [4.69, 9.17) is 4.74 Å². The Bertz CT molecular complexity index is 1190. The molecule has 9 heteroatoms. The Morgan fingerprint density at radius 2 is 1.69 bits per heavy atom. The molecule has 2 heterocycles. The van der Waals surface area contributed by atoms with Crippen molar-refractivity contribution in [2.45, 2.75) is 6.61 Å². The Morgan fingerprint density at radius 3 is 2.31 bits per heavy atom. The van der Waals surface area contributed by atoms with E-state index in [1.54, 1.807) is 42.3 Å². The molecule has 0 spiro atoms. The van der Waals surface area contributed by atoms with Crippen molar-refractivity contribution in [1.82, 2.24) is 14.5 Å². The van der Waals surface area contributed by atoms with Crippen molar-refractivity contribution >= 4 is 11.9 Å². The number of amides is 1. The number of nitrogens with zero attached hydrogens (tertiary/aromatic N) is 3. The van der Waals surface area contributed by atoms with E-state index in [2.05, 4.69) is 20.0 Å². The second-order valence-corrected chi connectivity index (χ2v) is 6.59. The van der Waals surface area contributed by atoms with Gasteiger partial charge in [0.2, 0.25) is 5.95 Å². The van der Waals surface area contributed by atoms with Crippen LogP contribution < -0.4 is 14.8 Å². The number of pyridine rings is 1. The topological polar surface area (TPSA) is 78.3 Å². The maximum absolute atomic E-state index is 12.8. The lowest BCUT2D eigenvalue weighted by atomic mass is 10.2. The van der Waals surface area contributed by atoms with Crippen molar-refractivity contribution in [2.24, 2.45) is 0 Å². The number of imidazole rings is 1. The zero-order valence-electron chi connectivity index (χ0n) is 16.9. The van der Waals surface area contributed by atoms with Gasteiger partial charge in [0.15, 0.2) is 0 Å². The molecule has 1 N–H and O–H groups in total. The lowest BCUT2D eigenvalue weighted by Crippen LogP contribution is -2.15. The zero-order chi connectivity index (χ0) is 22.5. The van der Waals surface area contributed by atoms with Crippen molar-refractivity contribution in [2.75, 3.05) is 12.4 Å². The normalized spacial score (nSPS) is 10.8. The van der Waals surface area contributed by atoms with Crippen LogP contribution in [0.4, 0.5) is 14.7 Å². The number of halogens is 2. The number of aromatic nitrogens is 3. The molecule has 0 aliphatic heterocycles. The Labute approximate surface area is 182 Å². The Kier molecular flexibility index (Phi) is 6.07. The first kappa shape index (κ1) is 21.0. The Morgan fingerprint density at radius 1 is 0.969 bits per heavy atom. The molecular weight excluding hydrogens is 418 g/mol. The average molecular weight is 436 g/mol. The summed E-state index contributed by atoms with van der Waals surface area (Å²) in [5, 5.41) is 2.77. The van der Waals surface area contributed by atoms with Crippen LogP contribution in [0.5, 0.6) is 11.5 Å². The van der Waals surface area contributed by atoms with Gasteiger partial charge in [0, 0.05) is 23.6 Å². The number of rotatable bonds is 7. The van der Waals surface area contributed by atoms with E-state index in [0.717, 1.165) is 5.69 Å². The van der Waals surface area contributed by atoms with Gasteiger partial charge in [-0.25, -0.2) is 4.98 Å². The van der Waals surface area contributed by atoms with E-state index in [1.165, 1.54) is 24.3 Å². The number of hydrogen-bond donors (Lipinski definition) is 1. The molecule has 2 aromatic heterocycles. The Hall–Kier alpha value is -4.27. The van der Waals surface area contributed by atoms with Crippen molar-refractivity contribution < 1.29 is 23.0 Å². The largest absolute Gasteiger partial charge is 0.497 e. The predicted molar refractivity (Wildman–Crippen MR) is 114 cm³/mol. The maximum Gasteiger partial charge on any atom is 0.387 e. The molecule has 0 atom stereocenters. The van der Waals surface area contributed by atoms with Gasteiger partial charge < -0.3 is 9.47 Å². The summed E-state index contributed by atoms with van der Waals surface area (Å²) in [6.07, 6.45) is 3.42. The highest BCUT2D eigenvalue weighted by Crippen LogP contribution is 2.25. The highest BCUT2D eigenvalue weighted by atomic mass is 19.3. The van der Waals surface area contributed by atoms with E-state index in [9.17, 15) is 13.6 Å². The van der Waals surface area contributed by atoms with Crippen molar-refractivity contribution in [1.29, 1.82) is 0 Å². The average Bonchev–Trinajstić information content (AvgIpc) is 3.23. The predicted octanol–water partition coefficient (Wildman–Crippen LogP) is 4.80. The SMILES string of the molecule is COc1ccc(-n2cc(-c3ccccn3)nc2NC(=O)c2ccc(OC(F)F)cc2)cc1. The molecule has 0 saturated heterocycles. The molecule has 7 nitrogen and oxygen atoms in total. The van der Waals surface area contributed by atoms with Crippen LogP contribution in [0.2, 0.25) is 0 Å². The molecule has 0 aliphatic rings. The second-order valence-electron chi connectivity index (χ2n) is 6.59.